The molecule has 0 spiro atoms. The maximum atomic E-state index is 14.3. The van der Waals surface area contributed by atoms with E-state index in [4.69, 9.17) is 4.74 Å². The van der Waals surface area contributed by atoms with Crippen molar-refractivity contribution in [3.8, 4) is 0 Å². The van der Waals surface area contributed by atoms with Crippen LogP contribution in [-0.2, 0) is 27.1 Å². The fraction of sp³-hybridized carbons (Fsp3) is 0.400. The van der Waals surface area contributed by atoms with Gasteiger partial charge in [0.25, 0.3) is 0 Å². The molecule has 11 heteroatoms. The van der Waals surface area contributed by atoms with Gasteiger partial charge in [-0.1, -0.05) is 18.2 Å². The highest BCUT2D eigenvalue weighted by molar-refractivity contribution is 7.16. The lowest BCUT2D eigenvalue weighted by Gasteiger charge is -2.35. The van der Waals surface area contributed by atoms with Crippen LogP contribution in [0.2, 0.25) is 0 Å². The molecule has 1 heterocycles. The Labute approximate surface area is 180 Å². The molecule has 0 aliphatic heterocycles. The minimum atomic E-state index is -5.14. The van der Waals surface area contributed by atoms with Gasteiger partial charge in [-0.2, -0.15) is 18.6 Å². The molecule has 0 saturated carbocycles. The first-order chi connectivity index (χ1) is 14.7. The molecule has 3 rings (SSSR count). The van der Waals surface area contributed by atoms with Crippen LogP contribution < -0.4 is 16.2 Å². The number of carbonyl (C=O) groups is 2. The van der Waals surface area contributed by atoms with Crippen LogP contribution in [-0.4, -0.2) is 38.0 Å². The molecule has 2 aromatic rings. The van der Waals surface area contributed by atoms with Crippen LogP contribution in [0.1, 0.15) is 33.6 Å². The number of ether oxygens (including phenoxy) is 2. The quantitative estimate of drug-likeness (QED) is 0.330. The lowest BCUT2D eigenvalue weighted by atomic mass is 9.95. The number of benzene rings is 1. The average molecular weight is 457 g/mol. The molecule has 168 valence electrons. The van der Waals surface area contributed by atoms with Gasteiger partial charge in [-0.05, 0) is 43.4 Å². The lowest BCUT2D eigenvalue weighted by Crippen LogP contribution is -2.69. The topological polar surface area (TPSA) is 88.7 Å². The summed E-state index contributed by atoms with van der Waals surface area (Å²) in [5, 5.41) is 2.13. The number of methoxy groups -OCH3 is 2. The highest BCUT2D eigenvalue weighted by atomic mass is 32.1. The minimum Gasteiger partial charge on any atom is -0.466 e. The van der Waals surface area contributed by atoms with Crippen LogP contribution in [0.3, 0.4) is 0 Å². The van der Waals surface area contributed by atoms with Crippen molar-refractivity contribution < 1.29 is 32.2 Å². The third-order valence-electron chi connectivity index (χ3n) is 4.95. The summed E-state index contributed by atoms with van der Waals surface area (Å²) in [7, 11) is 2.01. The zero-order valence-electron chi connectivity index (χ0n) is 16.9. The number of carbonyl (C=O) groups excluding carboxylic acids is 2. The number of para-hydroxylation sites is 1. The zero-order valence-corrected chi connectivity index (χ0v) is 17.7. The van der Waals surface area contributed by atoms with Crippen LogP contribution >= 0.6 is 11.3 Å². The Kier molecular flexibility index (Phi) is 6.75. The van der Waals surface area contributed by atoms with Crippen LogP contribution in [0.15, 0.2) is 30.3 Å². The van der Waals surface area contributed by atoms with Crippen LogP contribution in [0.25, 0.3) is 0 Å². The number of aryl methyl sites for hydroxylation is 1. The molecule has 0 fully saturated rings. The van der Waals surface area contributed by atoms with Crippen LogP contribution in [0, 0.1) is 0 Å². The van der Waals surface area contributed by atoms with Gasteiger partial charge >= 0.3 is 23.8 Å². The number of thiophene rings is 1. The Balaban J connectivity index is 2.07. The summed E-state index contributed by atoms with van der Waals surface area (Å²) in [6.07, 6.45) is -2.28. The van der Waals surface area contributed by atoms with E-state index >= 15 is 0 Å². The van der Waals surface area contributed by atoms with E-state index < -0.39 is 23.8 Å². The number of nitrogens with one attached hydrogen (secondary N) is 3. The van der Waals surface area contributed by atoms with Gasteiger partial charge in [0.2, 0.25) is 0 Å². The summed E-state index contributed by atoms with van der Waals surface area (Å²) >= 11 is 1.01. The highest BCUT2D eigenvalue weighted by Crippen LogP contribution is 2.42. The van der Waals surface area contributed by atoms with Gasteiger partial charge in [0, 0.05) is 10.6 Å². The van der Waals surface area contributed by atoms with Crippen molar-refractivity contribution in [2.24, 2.45) is 0 Å². The van der Waals surface area contributed by atoms with E-state index in [-0.39, 0.29) is 10.6 Å². The first-order valence-electron chi connectivity index (χ1n) is 9.48. The summed E-state index contributed by atoms with van der Waals surface area (Å²) in [6, 6.07) is 7.98. The monoisotopic (exact) mass is 457 g/mol. The summed E-state index contributed by atoms with van der Waals surface area (Å²) in [5.74, 6) is -2.38. The number of rotatable bonds is 7. The molecule has 1 aliphatic carbocycles. The smallest absolute Gasteiger partial charge is 0.438 e. The van der Waals surface area contributed by atoms with E-state index in [1.807, 2.05) is 5.43 Å². The number of hydrazine groups is 1. The van der Waals surface area contributed by atoms with Gasteiger partial charge in [0.1, 0.15) is 5.00 Å². The number of hydrogen-bond donors (Lipinski definition) is 3. The molecule has 7 nitrogen and oxygen atoms in total. The van der Waals surface area contributed by atoms with Crippen molar-refractivity contribution in [2.75, 3.05) is 25.0 Å². The molecule has 1 aliphatic rings. The van der Waals surface area contributed by atoms with Gasteiger partial charge in [0.05, 0.1) is 19.8 Å². The third kappa shape index (κ3) is 4.47. The minimum absolute atomic E-state index is 0.0150. The number of alkyl halides is 3. The van der Waals surface area contributed by atoms with Crippen molar-refractivity contribution in [1.82, 2.24) is 5.43 Å². The summed E-state index contributed by atoms with van der Waals surface area (Å²) in [6.45, 7) is 0. The van der Waals surface area contributed by atoms with E-state index in [0.29, 0.717) is 24.1 Å². The molecule has 3 N–H and O–H groups in total. The lowest BCUT2D eigenvalue weighted by molar-refractivity contribution is -0.204. The van der Waals surface area contributed by atoms with Gasteiger partial charge in [-0.3, -0.25) is 0 Å². The molecule has 0 unspecified atom stereocenters. The summed E-state index contributed by atoms with van der Waals surface area (Å²) in [4.78, 5) is 25.7. The van der Waals surface area contributed by atoms with E-state index in [9.17, 15) is 22.8 Å². The van der Waals surface area contributed by atoms with Crippen molar-refractivity contribution in [3.63, 3.8) is 0 Å². The second-order valence-electron chi connectivity index (χ2n) is 6.89. The summed E-state index contributed by atoms with van der Waals surface area (Å²) in [5.41, 5.74) is 2.05. The molecule has 0 bridgehead atoms. The second kappa shape index (κ2) is 9.15. The van der Waals surface area contributed by atoms with Crippen molar-refractivity contribution >= 4 is 34.0 Å². The SMILES string of the molecule is COC(=O)c1c(N[C@](NNc2ccccc2)(C(=O)OC)C(F)(F)F)sc2c1CCCC2. The van der Waals surface area contributed by atoms with Gasteiger partial charge in [-0.15, -0.1) is 11.3 Å². The highest BCUT2D eigenvalue weighted by Gasteiger charge is 2.63. The normalized spacial score (nSPS) is 15.4. The standard InChI is InChI=1S/C20H22F3N3O4S/c1-29-17(27)15-13-10-6-7-11-14(13)31-16(15)24-19(18(28)30-2,20(21,22)23)26-25-12-8-4-3-5-9-12/h3-5,8-9,24-26H,6-7,10-11H2,1-2H3/t19-/m0/s1. The fourth-order valence-corrected chi connectivity index (χ4v) is 4.71. The third-order valence-corrected chi connectivity index (χ3v) is 6.15. The molecule has 0 amide bonds. The Morgan fingerprint density at radius 2 is 1.71 bits per heavy atom. The molecule has 1 aromatic heterocycles. The predicted molar refractivity (Wildman–Crippen MR) is 110 cm³/mol. The molecule has 0 radical (unpaired) electrons. The number of esters is 2. The fourth-order valence-electron chi connectivity index (χ4n) is 3.37. The van der Waals surface area contributed by atoms with Gasteiger partial charge < -0.3 is 20.2 Å². The number of halogens is 3. The number of anilines is 2. The van der Waals surface area contributed by atoms with E-state index in [0.717, 1.165) is 43.3 Å². The molecule has 1 atom stereocenters. The molecule has 1 aromatic carbocycles. The first-order valence-corrected chi connectivity index (χ1v) is 10.3. The van der Waals surface area contributed by atoms with E-state index in [1.54, 1.807) is 18.2 Å². The maximum absolute atomic E-state index is 14.3. The number of hydrogen-bond acceptors (Lipinski definition) is 8. The molecule has 31 heavy (non-hydrogen) atoms. The zero-order chi connectivity index (χ0) is 22.6. The Hall–Kier alpha value is -2.79. The predicted octanol–water partition coefficient (Wildman–Crippen LogP) is 3.87. The Morgan fingerprint density at radius 3 is 2.32 bits per heavy atom. The molecular weight excluding hydrogens is 435 g/mol. The van der Waals surface area contributed by atoms with Crippen molar-refractivity contribution in [3.05, 3.63) is 46.3 Å². The number of fused-ring (bicyclic) bond motifs is 1. The van der Waals surface area contributed by atoms with Crippen molar-refractivity contribution in [1.29, 1.82) is 0 Å². The van der Waals surface area contributed by atoms with Gasteiger partial charge in [0.15, 0.2) is 0 Å². The summed E-state index contributed by atoms with van der Waals surface area (Å²) < 4.78 is 52.3. The first kappa shape index (κ1) is 22.9. The van der Waals surface area contributed by atoms with Crippen LogP contribution in [0.4, 0.5) is 23.9 Å². The van der Waals surface area contributed by atoms with E-state index in [2.05, 4.69) is 15.5 Å². The largest absolute Gasteiger partial charge is 0.466 e. The Morgan fingerprint density at radius 1 is 1.03 bits per heavy atom. The maximum Gasteiger partial charge on any atom is 0.438 e. The molecular formula is C20H22F3N3O4S. The molecule has 0 saturated heterocycles. The average Bonchev–Trinajstić information content (AvgIpc) is 3.13. The van der Waals surface area contributed by atoms with E-state index in [1.165, 1.54) is 12.1 Å². The van der Waals surface area contributed by atoms with Crippen LogP contribution in [0.5, 0.6) is 0 Å². The van der Waals surface area contributed by atoms with Crippen molar-refractivity contribution in [2.45, 2.75) is 37.5 Å². The Bertz CT molecular complexity index is 949. The second-order valence-corrected chi connectivity index (χ2v) is 7.99. The van der Waals surface area contributed by atoms with Gasteiger partial charge in [-0.25, -0.2) is 9.59 Å².